The maximum atomic E-state index is 13.5. The number of benzene rings is 2. The van der Waals surface area contributed by atoms with Crippen molar-refractivity contribution >= 4 is 17.7 Å². The highest BCUT2D eigenvalue weighted by molar-refractivity contribution is 7.97. The van der Waals surface area contributed by atoms with Crippen molar-refractivity contribution in [3.63, 3.8) is 0 Å². The predicted octanol–water partition coefficient (Wildman–Crippen LogP) is 3.46. The summed E-state index contributed by atoms with van der Waals surface area (Å²) in [4.78, 5) is 12.7. The molecule has 4 nitrogen and oxygen atoms in total. The van der Waals surface area contributed by atoms with Crippen LogP contribution in [0.1, 0.15) is 22.8 Å². The van der Waals surface area contributed by atoms with Crippen LogP contribution >= 0.6 is 11.8 Å². The van der Waals surface area contributed by atoms with Crippen molar-refractivity contribution in [3.8, 4) is 0 Å². The highest BCUT2D eigenvalue weighted by atomic mass is 32.2. The third-order valence-corrected chi connectivity index (χ3v) is 4.86. The Morgan fingerprint density at radius 1 is 1.15 bits per heavy atom. The quantitative estimate of drug-likeness (QED) is 0.840. The maximum Gasteiger partial charge on any atom is 0.252 e. The van der Waals surface area contributed by atoms with Gasteiger partial charge in [-0.2, -0.15) is 11.8 Å². The summed E-state index contributed by atoms with van der Waals surface area (Å²) in [6, 6.07) is 14.2. The van der Waals surface area contributed by atoms with Gasteiger partial charge in [0.15, 0.2) is 6.10 Å². The number of hydrogen-bond donors (Lipinski definition) is 1. The third-order valence-electron chi connectivity index (χ3n) is 4.26. The fourth-order valence-electron chi connectivity index (χ4n) is 2.99. The summed E-state index contributed by atoms with van der Waals surface area (Å²) in [5, 5.41) is 2.91. The number of amides is 1. The van der Waals surface area contributed by atoms with Crippen LogP contribution in [0.25, 0.3) is 0 Å². The molecule has 1 aliphatic heterocycles. The smallest absolute Gasteiger partial charge is 0.252 e. The molecule has 0 bridgehead atoms. The van der Waals surface area contributed by atoms with Crippen LogP contribution in [0.3, 0.4) is 0 Å². The van der Waals surface area contributed by atoms with Crippen molar-refractivity contribution in [2.24, 2.45) is 0 Å². The molecule has 1 aliphatic rings. The van der Waals surface area contributed by atoms with Crippen molar-refractivity contribution < 1.29 is 18.7 Å². The van der Waals surface area contributed by atoms with Crippen molar-refractivity contribution in [1.82, 2.24) is 5.32 Å². The van der Waals surface area contributed by atoms with E-state index in [0.29, 0.717) is 25.5 Å². The molecule has 0 radical (unpaired) electrons. The van der Waals surface area contributed by atoms with E-state index in [0.717, 1.165) is 16.7 Å². The molecule has 138 valence electrons. The average molecular weight is 375 g/mol. The molecule has 2 atom stereocenters. The van der Waals surface area contributed by atoms with Crippen LogP contribution < -0.4 is 5.32 Å². The van der Waals surface area contributed by atoms with E-state index in [4.69, 9.17) is 9.47 Å². The molecule has 1 heterocycles. The summed E-state index contributed by atoms with van der Waals surface area (Å²) >= 11 is 1.61. The third kappa shape index (κ3) is 4.63. The lowest BCUT2D eigenvalue weighted by Gasteiger charge is -2.31. The van der Waals surface area contributed by atoms with Crippen molar-refractivity contribution in [2.75, 3.05) is 19.5 Å². The Kier molecular flexibility index (Phi) is 6.66. The molecule has 1 fully saturated rings. The summed E-state index contributed by atoms with van der Waals surface area (Å²) in [6.07, 6.45) is 0.838. The summed E-state index contributed by atoms with van der Waals surface area (Å²) in [5.41, 5.74) is 2.71. The van der Waals surface area contributed by atoms with Gasteiger partial charge in [0.05, 0.1) is 13.2 Å². The Hall–Kier alpha value is -1.89. The number of halogens is 1. The molecular weight excluding hydrogens is 353 g/mol. The minimum atomic E-state index is -0.699. The van der Waals surface area contributed by atoms with Crippen LogP contribution in [0, 0.1) is 5.82 Å². The number of carbonyl (C=O) groups is 1. The topological polar surface area (TPSA) is 47.6 Å². The van der Waals surface area contributed by atoms with Gasteiger partial charge < -0.3 is 14.8 Å². The molecule has 0 aliphatic carbocycles. The van der Waals surface area contributed by atoms with Gasteiger partial charge >= 0.3 is 0 Å². The van der Waals surface area contributed by atoms with E-state index in [2.05, 4.69) is 5.32 Å². The van der Waals surface area contributed by atoms with E-state index in [-0.39, 0.29) is 11.7 Å². The molecular formula is C20H22FNO3S. The highest BCUT2D eigenvalue weighted by Gasteiger charge is 2.34. The van der Waals surface area contributed by atoms with Crippen LogP contribution in [0.4, 0.5) is 4.39 Å². The Labute approximate surface area is 157 Å². The lowest BCUT2D eigenvalue weighted by molar-refractivity contribution is -0.166. The average Bonchev–Trinajstić information content (AvgIpc) is 2.68. The number of ether oxygens (including phenoxy) is 2. The minimum Gasteiger partial charge on any atom is -0.368 e. The first kappa shape index (κ1) is 18.9. The number of rotatable bonds is 6. The molecule has 0 spiro atoms. The monoisotopic (exact) mass is 375 g/mol. The predicted molar refractivity (Wildman–Crippen MR) is 100 cm³/mol. The Balaban J connectivity index is 1.69. The first-order valence-electron chi connectivity index (χ1n) is 8.51. The maximum absolute atomic E-state index is 13.5. The zero-order chi connectivity index (χ0) is 18.4. The molecule has 2 aromatic carbocycles. The Morgan fingerprint density at radius 2 is 1.92 bits per heavy atom. The van der Waals surface area contributed by atoms with E-state index in [1.165, 1.54) is 12.1 Å². The first-order valence-corrected chi connectivity index (χ1v) is 9.90. The second kappa shape index (κ2) is 9.16. The Morgan fingerprint density at radius 3 is 2.69 bits per heavy atom. The molecule has 1 amide bonds. The van der Waals surface area contributed by atoms with Crippen LogP contribution in [0.5, 0.6) is 0 Å². The number of carbonyl (C=O) groups excluding carboxylic acids is 1. The van der Waals surface area contributed by atoms with Crippen LogP contribution in [-0.2, 0) is 26.6 Å². The van der Waals surface area contributed by atoms with Crippen molar-refractivity contribution in [2.45, 2.75) is 24.5 Å². The standard InChI is InChI=1S/C20H22FNO3S/c1-26-13-16-11-17(21)8-7-15(16)12-22-20(23)19-18(24-9-10-25-19)14-5-3-2-4-6-14/h2-8,11,18-19H,9-10,12-13H2,1H3,(H,22,23)/t18-,19-/m1/s1. The molecule has 6 heteroatoms. The van der Waals surface area contributed by atoms with Gasteiger partial charge in [-0.05, 0) is 35.1 Å². The van der Waals surface area contributed by atoms with Gasteiger partial charge in [-0.25, -0.2) is 4.39 Å². The number of hydrogen-bond acceptors (Lipinski definition) is 4. The molecule has 2 aromatic rings. The molecule has 0 saturated carbocycles. The van der Waals surface area contributed by atoms with Gasteiger partial charge in [-0.15, -0.1) is 0 Å². The van der Waals surface area contributed by atoms with E-state index in [9.17, 15) is 9.18 Å². The Bertz CT molecular complexity index is 741. The molecule has 26 heavy (non-hydrogen) atoms. The van der Waals surface area contributed by atoms with Crippen molar-refractivity contribution in [3.05, 3.63) is 71.0 Å². The van der Waals surface area contributed by atoms with Crippen LogP contribution in [0.2, 0.25) is 0 Å². The normalized spacial score (nSPS) is 19.9. The SMILES string of the molecule is CSCc1cc(F)ccc1CNC(=O)[C@@H]1OCCO[C@@H]1c1ccccc1. The summed E-state index contributed by atoms with van der Waals surface area (Å²) in [5.74, 6) is 0.203. The largest absolute Gasteiger partial charge is 0.368 e. The molecule has 3 rings (SSSR count). The number of nitrogens with one attached hydrogen (secondary N) is 1. The highest BCUT2D eigenvalue weighted by Crippen LogP contribution is 2.27. The lowest BCUT2D eigenvalue weighted by atomic mass is 10.0. The summed E-state index contributed by atoms with van der Waals surface area (Å²) in [6.45, 7) is 1.17. The minimum absolute atomic E-state index is 0.224. The van der Waals surface area contributed by atoms with Gasteiger partial charge in [0, 0.05) is 12.3 Å². The second-order valence-corrected chi connectivity index (χ2v) is 6.92. The van der Waals surface area contributed by atoms with E-state index in [1.807, 2.05) is 36.6 Å². The van der Waals surface area contributed by atoms with Gasteiger partial charge in [0.25, 0.3) is 5.91 Å². The molecule has 1 saturated heterocycles. The van der Waals surface area contributed by atoms with Crippen LogP contribution in [0.15, 0.2) is 48.5 Å². The zero-order valence-electron chi connectivity index (χ0n) is 14.6. The summed E-state index contributed by atoms with van der Waals surface area (Å²) < 4.78 is 24.9. The van der Waals surface area contributed by atoms with Gasteiger partial charge in [0.2, 0.25) is 0 Å². The fraction of sp³-hybridized carbons (Fsp3) is 0.350. The van der Waals surface area contributed by atoms with Gasteiger partial charge in [-0.3, -0.25) is 4.79 Å². The zero-order valence-corrected chi connectivity index (χ0v) is 15.4. The van der Waals surface area contributed by atoms with Gasteiger partial charge in [-0.1, -0.05) is 36.4 Å². The lowest BCUT2D eigenvalue weighted by Crippen LogP contribution is -2.44. The van der Waals surface area contributed by atoms with E-state index < -0.39 is 12.2 Å². The summed E-state index contributed by atoms with van der Waals surface area (Å²) in [7, 11) is 0. The number of thioether (sulfide) groups is 1. The second-order valence-electron chi connectivity index (χ2n) is 6.06. The van der Waals surface area contributed by atoms with E-state index >= 15 is 0 Å². The molecule has 1 N–H and O–H groups in total. The fourth-order valence-corrected chi connectivity index (χ4v) is 3.57. The molecule has 0 aromatic heterocycles. The van der Waals surface area contributed by atoms with Gasteiger partial charge in [0.1, 0.15) is 11.9 Å². The van der Waals surface area contributed by atoms with Crippen LogP contribution in [-0.4, -0.2) is 31.5 Å². The molecule has 0 unspecified atom stereocenters. The van der Waals surface area contributed by atoms with E-state index in [1.54, 1.807) is 17.8 Å². The van der Waals surface area contributed by atoms with Crippen molar-refractivity contribution in [1.29, 1.82) is 0 Å². The first-order chi connectivity index (χ1) is 12.7.